The van der Waals surface area contributed by atoms with Gasteiger partial charge in [0.15, 0.2) is 15.5 Å². The number of hydrogen-bond acceptors (Lipinski definition) is 9. The molecule has 1 unspecified atom stereocenters. The molecule has 12 nitrogen and oxygen atoms in total. The molecule has 44 heavy (non-hydrogen) atoms. The smallest absolute Gasteiger partial charge is 0.272 e. The maximum Gasteiger partial charge on any atom is 0.272 e. The number of H-pyrrole nitrogens is 1. The van der Waals surface area contributed by atoms with E-state index in [2.05, 4.69) is 20.3 Å². The van der Waals surface area contributed by atoms with Crippen LogP contribution >= 0.6 is 0 Å². The van der Waals surface area contributed by atoms with Crippen molar-refractivity contribution in [2.75, 3.05) is 17.7 Å². The number of rotatable bonds is 5. The zero-order valence-electron chi connectivity index (χ0n) is 23.4. The summed E-state index contributed by atoms with van der Waals surface area (Å²) >= 11 is 0. The standard InChI is InChI=1S/C29H27F2N9O3S/c1-44(42,43)26-25(15-8-17-4-5-18(9-15)39(17)29(41)23-11-24(32)38-37-23)36-28-20(13-35-40(28)27(26)33)14-2-7-22(34-12-14)19-6-3-16(30)10-21(19)31/h2-3,6-7,10-13,15,17-18H,4-5,8-9,33H2,1H3,(H3,32,37,38)/t15?,17-,18+. The van der Waals surface area contributed by atoms with E-state index in [0.29, 0.717) is 46.7 Å². The van der Waals surface area contributed by atoms with Gasteiger partial charge in [0.25, 0.3) is 5.91 Å². The van der Waals surface area contributed by atoms with Crippen molar-refractivity contribution in [1.82, 2.24) is 34.7 Å². The first-order valence-corrected chi connectivity index (χ1v) is 15.8. The molecule has 5 N–H and O–H groups in total. The molecule has 6 heterocycles. The van der Waals surface area contributed by atoms with Crippen molar-refractivity contribution in [3.8, 4) is 22.4 Å². The fourth-order valence-corrected chi connectivity index (χ4v) is 7.66. The third kappa shape index (κ3) is 4.54. The summed E-state index contributed by atoms with van der Waals surface area (Å²) in [5.41, 5.74) is 14.8. The maximum absolute atomic E-state index is 14.3. The van der Waals surface area contributed by atoms with Gasteiger partial charge in [-0.25, -0.2) is 22.2 Å². The Morgan fingerprint density at radius 1 is 1.02 bits per heavy atom. The summed E-state index contributed by atoms with van der Waals surface area (Å²) in [5.74, 6) is -1.73. The van der Waals surface area contributed by atoms with Gasteiger partial charge in [-0.2, -0.15) is 14.7 Å². The predicted molar refractivity (Wildman–Crippen MR) is 157 cm³/mol. The van der Waals surface area contributed by atoms with Crippen LogP contribution < -0.4 is 11.5 Å². The molecule has 1 aromatic carbocycles. The molecule has 15 heteroatoms. The topological polar surface area (TPSA) is 178 Å². The number of nitrogens with one attached hydrogen (secondary N) is 1. The van der Waals surface area contributed by atoms with Crippen molar-refractivity contribution in [3.05, 3.63) is 71.8 Å². The number of fused-ring (bicyclic) bond motifs is 3. The summed E-state index contributed by atoms with van der Waals surface area (Å²) in [5, 5.41) is 10.9. The molecule has 0 radical (unpaired) electrons. The van der Waals surface area contributed by atoms with E-state index < -0.39 is 21.5 Å². The third-order valence-electron chi connectivity index (χ3n) is 8.50. The Labute approximate surface area is 250 Å². The van der Waals surface area contributed by atoms with Crippen LogP contribution in [-0.4, -0.2) is 67.3 Å². The number of carbonyl (C=O) groups excluding carboxylic acids is 1. The highest BCUT2D eigenvalue weighted by Crippen LogP contribution is 2.46. The Kier molecular flexibility index (Phi) is 6.39. The van der Waals surface area contributed by atoms with E-state index in [1.165, 1.54) is 29.0 Å². The van der Waals surface area contributed by atoms with Gasteiger partial charge in [0.1, 0.15) is 33.9 Å². The first kappa shape index (κ1) is 27.9. The van der Waals surface area contributed by atoms with Crippen molar-refractivity contribution in [2.24, 2.45) is 0 Å². The molecular formula is C29H27F2N9O3S. The van der Waals surface area contributed by atoms with Crippen LogP contribution in [0.25, 0.3) is 28.0 Å². The van der Waals surface area contributed by atoms with Crippen LogP contribution in [0.1, 0.15) is 47.8 Å². The minimum absolute atomic E-state index is 0.0597. The molecule has 7 rings (SSSR count). The normalized spacial score (nSPS) is 20.0. The lowest BCUT2D eigenvalue weighted by Gasteiger charge is -2.39. The maximum atomic E-state index is 14.3. The highest BCUT2D eigenvalue weighted by atomic mass is 32.2. The predicted octanol–water partition coefficient (Wildman–Crippen LogP) is 3.58. The molecule has 226 valence electrons. The number of sulfone groups is 1. The number of anilines is 2. The molecule has 1 amide bonds. The number of amides is 1. The number of hydrogen-bond donors (Lipinski definition) is 3. The average molecular weight is 620 g/mol. The van der Waals surface area contributed by atoms with E-state index in [0.717, 1.165) is 31.2 Å². The van der Waals surface area contributed by atoms with Crippen molar-refractivity contribution in [3.63, 3.8) is 0 Å². The molecule has 2 aliphatic heterocycles. The lowest BCUT2D eigenvalue weighted by molar-refractivity contribution is 0.0562. The SMILES string of the molecule is CS(=O)(=O)c1c(C2C[C@H]3CC[C@@H](C2)N3C(=O)c2cc(N)n[nH]2)nc2c(-c3ccc(-c4ccc(F)cc4F)nc3)cnn2c1N. The van der Waals surface area contributed by atoms with Gasteiger partial charge in [0.05, 0.1) is 17.6 Å². The molecule has 2 aliphatic rings. The van der Waals surface area contributed by atoms with Gasteiger partial charge in [0, 0.05) is 59.3 Å². The Bertz CT molecular complexity index is 2050. The number of carbonyl (C=O) groups is 1. The molecule has 5 aromatic rings. The van der Waals surface area contributed by atoms with Crippen LogP contribution in [0.15, 0.2) is 53.7 Å². The molecule has 4 aromatic heterocycles. The second kappa shape index (κ2) is 10.1. The van der Waals surface area contributed by atoms with E-state index in [9.17, 15) is 22.0 Å². The number of nitrogens with zero attached hydrogens (tertiary/aromatic N) is 6. The summed E-state index contributed by atoms with van der Waals surface area (Å²) in [6.45, 7) is 0. The number of aromatic nitrogens is 6. The highest BCUT2D eigenvalue weighted by Gasteiger charge is 2.46. The number of nitrogens with two attached hydrogens (primary N) is 2. The van der Waals surface area contributed by atoms with Crippen molar-refractivity contribution < 1.29 is 22.0 Å². The van der Waals surface area contributed by atoms with Crippen LogP contribution in [0.2, 0.25) is 0 Å². The molecule has 2 saturated heterocycles. The minimum atomic E-state index is -3.82. The minimum Gasteiger partial charge on any atom is -0.382 e. The first-order chi connectivity index (χ1) is 21.0. The molecule has 0 aliphatic carbocycles. The number of nitrogen functional groups attached to an aromatic ring is 2. The Balaban J connectivity index is 1.27. The number of piperidine rings is 1. The van der Waals surface area contributed by atoms with Crippen LogP contribution in [-0.2, 0) is 9.84 Å². The van der Waals surface area contributed by atoms with Crippen LogP contribution in [0.4, 0.5) is 20.4 Å². The zero-order valence-corrected chi connectivity index (χ0v) is 24.2. The number of pyridine rings is 1. The van der Waals surface area contributed by atoms with E-state index in [1.54, 1.807) is 12.1 Å². The van der Waals surface area contributed by atoms with Gasteiger partial charge in [-0.1, -0.05) is 6.07 Å². The Morgan fingerprint density at radius 3 is 2.39 bits per heavy atom. The molecule has 0 saturated carbocycles. The third-order valence-corrected chi connectivity index (χ3v) is 9.66. The molecule has 2 bridgehead atoms. The summed E-state index contributed by atoms with van der Waals surface area (Å²) in [7, 11) is -3.82. The summed E-state index contributed by atoms with van der Waals surface area (Å²) in [6, 6.07) is 7.82. The van der Waals surface area contributed by atoms with Crippen LogP contribution in [0.5, 0.6) is 0 Å². The lowest BCUT2D eigenvalue weighted by Crippen LogP contribution is -2.46. The molecule has 0 spiro atoms. The van der Waals surface area contributed by atoms with Gasteiger partial charge in [-0.15, -0.1) is 0 Å². The fraction of sp³-hybridized carbons (Fsp3) is 0.276. The monoisotopic (exact) mass is 619 g/mol. The lowest BCUT2D eigenvalue weighted by atomic mass is 9.87. The zero-order chi connectivity index (χ0) is 30.9. The number of aromatic amines is 1. The van der Waals surface area contributed by atoms with E-state index in [1.807, 2.05) is 4.90 Å². The molecular weight excluding hydrogens is 592 g/mol. The average Bonchev–Trinajstić information content (AvgIpc) is 3.67. The Morgan fingerprint density at radius 2 is 1.77 bits per heavy atom. The highest BCUT2D eigenvalue weighted by molar-refractivity contribution is 7.91. The van der Waals surface area contributed by atoms with Gasteiger partial charge < -0.3 is 16.4 Å². The van der Waals surface area contributed by atoms with E-state index in [4.69, 9.17) is 16.5 Å². The number of halogens is 2. The summed E-state index contributed by atoms with van der Waals surface area (Å²) in [4.78, 5) is 24.3. The molecule has 2 fully saturated rings. The van der Waals surface area contributed by atoms with Crippen LogP contribution in [0.3, 0.4) is 0 Å². The first-order valence-electron chi connectivity index (χ1n) is 13.9. The second-order valence-electron chi connectivity index (χ2n) is 11.3. The van der Waals surface area contributed by atoms with Gasteiger partial charge in [-0.05, 0) is 43.9 Å². The van der Waals surface area contributed by atoms with Gasteiger partial charge >= 0.3 is 0 Å². The quantitative estimate of drug-likeness (QED) is 0.265. The van der Waals surface area contributed by atoms with Crippen molar-refractivity contribution in [1.29, 1.82) is 0 Å². The van der Waals surface area contributed by atoms with Crippen molar-refractivity contribution >= 4 is 33.0 Å². The van der Waals surface area contributed by atoms with Crippen molar-refractivity contribution in [2.45, 2.75) is 48.6 Å². The van der Waals surface area contributed by atoms with Gasteiger partial charge in [-0.3, -0.25) is 14.9 Å². The second-order valence-corrected chi connectivity index (χ2v) is 13.3. The van der Waals surface area contributed by atoms with E-state index in [-0.39, 0.29) is 46.0 Å². The summed E-state index contributed by atoms with van der Waals surface area (Å²) < 4.78 is 55.2. The molecule has 3 atom stereocenters. The Hall–Kier alpha value is -4.92. The van der Waals surface area contributed by atoms with Crippen LogP contribution in [0, 0.1) is 11.6 Å². The van der Waals surface area contributed by atoms with E-state index >= 15 is 0 Å². The fourth-order valence-electron chi connectivity index (χ4n) is 6.61. The largest absolute Gasteiger partial charge is 0.382 e. The number of benzene rings is 1. The summed E-state index contributed by atoms with van der Waals surface area (Å²) in [6.07, 6.45) is 6.67. The van der Waals surface area contributed by atoms with Gasteiger partial charge in [0.2, 0.25) is 0 Å².